The third-order valence-corrected chi connectivity index (χ3v) is 4.45. The van der Waals surface area contributed by atoms with E-state index in [4.69, 9.17) is 4.52 Å². The van der Waals surface area contributed by atoms with Crippen LogP contribution in [0, 0.1) is 0 Å². The number of aromatic nitrogens is 2. The van der Waals surface area contributed by atoms with Crippen LogP contribution in [0.5, 0.6) is 0 Å². The van der Waals surface area contributed by atoms with Crippen LogP contribution in [0.3, 0.4) is 0 Å². The van der Waals surface area contributed by atoms with Gasteiger partial charge in [-0.15, -0.1) is 0 Å². The summed E-state index contributed by atoms with van der Waals surface area (Å²) < 4.78 is 5.30. The average Bonchev–Trinajstić information content (AvgIpc) is 3.02. The molecular formula is C18H32N4O2. The van der Waals surface area contributed by atoms with Crippen molar-refractivity contribution in [1.29, 1.82) is 0 Å². The molecule has 24 heavy (non-hydrogen) atoms. The monoisotopic (exact) mass is 336 g/mol. The van der Waals surface area contributed by atoms with Gasteiger partial charge in [0.05, 0.1) is 0 Å². The number of carbonyl (C=O) groups is 1. The molecule has 136 valence electrons. The molecule has 0 spiro atoms. The Kier molecular flexibility index (Phi) is 6.78. The molecular weight excluding hydrogens is 304 g/mol. The number of amides is 1. The van der Waals surface area contributed by atoms with Crippen molar-refractivity contribution in [2.75, 3.05) is 19.6 Å². The molecule has 1 fully saturated rings. The Labute approximate surface area is 145 Å². The first-order chi connectivity index (χ1) is 11.4. The molecule has 2 rings (SSSR count). The molecule has 6 nitrogen and oxygen atoms in total. The van der Waals surface area contributed by atoms with Crippen molar-refractivity contribution in [2.45, 2.75) is 77.7 Å². The summed E-state index contributed by atoms with van der Waals surface area (Å²) in [7, 11) is 0. The van der Waals surface area contributed by atoms with Gasteiger partial charge in [-0.1, -0.05) is 32.9 Å². The molecule has 1 aliphatic rings. The molecule has 0 unspecified atom stereocenters. The van der Waals surface area contributed by atoms with Gasteiger partial charge in [0.2, 0.25) is 11.8 Å². The molecule has 6 heteroatoms. The summed E-state index contributed by atoms with van der Waals surface area (Å²) >= 11 is 0. The topological polar surface area (TPSA) is 71.3 Å². The van der Waals surface area contributed by atoms with E-state index in [0.29, 0.717) is 24.8 Å². The maximum Gasteiger partial charge on any atom is 0.226 e. The summed E-state index contributed by atoms with van der Waals surface area (Å²) in [5, 5.41) is 7.40. The maximum absolute atomic E-state index is 12.6. The van der Waals surface area contributed by atoms with Gasteiger partial charge in [-0.05, 0) is 38.8 Å². The Bertz CT molecular complexity index is 515. The van der Waals surface area contributed by atoms with E-state index < -0.39 is 0 Å². The molecule has 1 amide bonds. The zero-order valence-corrected chi connectivity index (χ0v) is 15.6. The highest BCUT2D eigenvalue weighted by Gasteiger charge is 2.25. The van der Waals surface area contributed by atoms with Crippen molar-refractivity contribution in [3.63, 3.8) is 0 Å². The number of hydrogen-bond donors (Lipinski definition) is 1. The molecule has 1 aliphatic heterocycles. The fourth-order valence-corrected chi connectivity index (χ4v) is 3.07. The highest BCUT2D eigenvalue weighted by atomic mass is 16.5. The van der Waals surface area contributed by atoms with Gasteiger partial charge in [-0.2, -0.15) is 4.98 Å². The first kappa shape index (κ1) is 18.9. The number of nitrogens with zero attached hydrogens (tertiary/aromatic N) is 3. The fourth-order valence-electron chi connectivity index (χ4n) is 3.07. The van der Waals surface area contributed by atoms with Crippen LogP contribution in [0.4, 0.5) is 0 Å². The minimum absolute atomic E-state index is 0.107. The second-order valence-corrected chi connectivity index (χ2v) is 7.68. The van der Waals surface area contributed by atoms with Gasteiger partial charge in [0.1, 0.15) is 0 Å². The lowest BCUT2D eigenvalue weighted by molar-refractivity contribution is -0.134. The van der Waals surface area contributed by atoms with E-state index in [2.05, 4.69) is 48.1 Å². The smallest absolute Gasteiger partial charge is 0.226 e. The van der Waals surface area contributed by atoms with Crippen molar-refractivity contribution in [3.05, 3.63) is 11.7 Å². The van der Waals surface area contributed by atoms with Crippen LogP contribution in [0.1, 0.15) is 71.5 Å². The molecule has 2 heterocycles. The zero-order valence-electron chi connectivity index (χ0n) is 15.6. The Morgan fingerprint density at radius 2 is 2.04 bits per heavy atom. The second kappa shape index (κ2) is 8.60. The summed E-state index contributed by atoms with van der Waals surface area (Å²) in [5.74, 6) is 1.63. The van der Waals surface area contributed by atoms with Crippen molar-refractivity contribution in [3.8, 4) is 0 Å². The van der Waals surface area contributed by atoms with Gasteiger partial charge in [-0.25, -0.2) is 0 Å². The molecule has 0 bridgehead atoms. The van der Waals surface area contributed by atoms with Gasteiger partial charge in [-0.3, -0.25) is 4.79 Å². The largest absolute Gasteiger partial charge is 0.340 e. The highest BCUT2D eigenvalue weighted by molar-refractivity contribution is 5.76. The van der Waals surface area contributed by atoms with E-state index in [-0.39, 0.29) is 11.3 Å². The third-order valence-electron chi connectivity index (χ3n) is 4.45. The minimum Gasteiger partial charge on any atom is -0.340 e. The van der Waals surface area contributed by atoms with Gasteiger partial charge in [0.15, 0.2) is 5.82 Å². The number of piperidine rings is 1. The summed E-state index contributed by atoms with van der Waals surface area (Å²) in [6.07, 6.45) is 5.11. The van der Waals surface area contributed by atoms with E-state index in [1.807, 2.05) is 0 Å². The number of aryl methyl sites for hydroxylation is 1. The zero-order chi connectivity index (χ0) is 17.6. The van der Waals surface area contributed by atoms with E-state index in [1.165, 1.54) is 0 Å². The van der Waals surface area contributed by atoms with Gasteiger partial charge in [0, 0.05) is 30.8 Å². The van der Waals surface area contributed by atoms with Gasteiger partial charge < -0.3 is 14.7 Å². The van der Waals surface area contributed by atoms with Crippen molar-refractivity contribution in [2.24, 2.45) is 0 Å². The lowest BCUT2D eigenvalue weighted by Crippen LogP contribution is -2.46. The van der Waals surface area contributed by atoms with Crippen LogP contribution in [0.15, 0.2) is 4.52 Å². The van der Waals surface area contributed by atoms with E-state index in [9.17, 15) is 4.79 Å². The lowest BCUT2D eigenvalue weighted by atomic mass is 9.96. The van der Waals surface area contributed by atoms with E-state index in [1.54, 1.807) is 0 Å². The summed E-state index contributed by atoms with van der Waals surface area (Å²) in [6.45, 7) is 11.2. The third kappa shape index (κ3) is 5.30. The average molecular weight is 336 g/mol. The fraction of sp³-hybridized carbons (Fsp3) is 0.833. The Balaban J connectivity index is 1.83. The highest BCUT2D eigenvalue weighted by Crippen LogP contribution is 2.19. The maximum atomic E-state index is 12.6. The van der Waals surface area contributed by atoms with Crippen LogP contribution in [0.2, 0.25) is 0 Å². The number of rotatable bonds is 7. The molecule has 0 aromatic carbocycles. The molecule has 1 aromatic heterocycles. The standard InChI is InChI=1S/C18H32N4O2/c1-5-13-22(14-9-11-19-12-10-14)16(23)8-6-7-15-20-17(21-24-15)18(2,3)4/h14,19H,5-13H2,1-4H3. The Hall–Kier alpha value is -1.43. The number of carbonyl (C=O) groups excluding carboxylic acids is 1. The quantitative estimate of drug-likeness (QED) is 0.829. The Morgan fingerprint density at radius 3 is 2.62 bits per heavy atom. The van der Waals surface area contributed by atoms with Crippen LogP contribution < -0.4 is 5.32 Å². The molecule has 0 saturated carbocycles. The molecule has 0 radical (unpaired) electrons. The van der Waals surface area contributed by atoms with Crippen molar-refractivity contribution >= 4 is 5.91 Å². The van der Waals surface area contributed by atoms with Crippen LogP contribution in [-0.2, 0) is 16.6 Å². The van der Waals surface area contributed by atoms with Crippen LogP contribution in [0.25, 0.3) is 0 Å². The molecule has 0 aliphatic carbocycles. The summed E-state index contributed by atoms with van der Waals surface area (Å²) in [5.41, 5.74) is -0.107. The molecule has 1 N–H and O–H groups in total. The van der Waals surface area contributed by atoms with E-state index in [0.717, 1.165) is 51.1 Å². The molecule has 0 atom stereocenters. The second-order valence-electron chi connectivity index (χ2n) is 7.68. The predicted octanol–water partition coefficient (Wildman–Crippen LogP) is 2.68. The van der Waals surface area contributed by atoms with Crippen molar-refractivity contribution < 1.29 is 9.32 Å². The van der Waals surface area contributed by atoms with Crippen molar-refractivity contribution in [1.82, 2.24) is 20.4 Å². The lowest BCUT2D eigenvalue weighted by Gasteiger charge is -2.34. The number of nitrogens with one attached hydrogen (secondary N) is 1. The van der Waals surface area contributed by atoms with E-state index >= 15 is 0 Å². The van der Waals surface area contributed by atoms with Gasteiger partial charge in [0.25, 0.3) is 0 Å². The van der Waals surface area contributed by atoms with Gasteiger partial charge >= 0.3 is 0 Å². The number of hydrogen-bond acceptors (Lipinski definition) is 5. The summed E-state index contributed by atoms with van der Waals surface area (Å²) in [6, 6.07) is 0.398. The Morgan fingerprint density at radius 1 is 1.33 bits per heavy atom. The molecule has 1 aromatic rings. The molecule has 1 saturated heterocycles. The predicted molar refractivity (Wildman–Crippen MR) is 93.8 cm³/mol. The minimum atomic E-state index is -0.107. The van der Waals surface area contributed by atoms with Crippen LogP contribution in [-0.4, -0.2) is 46.6 Å². The normalized spacial score (nSPS) is 16.3. The first-order valence-corrected chi connectivity index (χ1v) is 9.25. The van der Waals surface area contributed by atoms with Crippen LogP contribution >= 0.6 is 0 Å². The summed E-state index contributed by atoms with van der Waals surface area (Å²) in [4.78, 5) is 19.2. The first-order valence-electron chi connectivity index (χ1n) is 9.25. The SMILES string of the molecule is CCCN(C(=O)CCCc1nc(C(C)(C)C)no1)C1CCNCC1.